The Morgan fingerprint density at radius 1 is 1.12 bits per heavy atom. The molecule has 3 aromatic rings. The second-order valence-corrected chi connectivity index (χ2v) is 9.50. The van der Waals surface area contributed by atoms with Crippen LogP contribution in [0.4, 0.5) is 0 Å². The summed E-state index contributed by atoms with van der Waals surface area (Å²) >= 11 is 1.54. The Labute approximate surface area is 199 Å². The van der Waals surface area contributed by atoms with Gasteiger partial charge in [-0.15, -0.1) is 11.8 Å². The van der Waals surface area contributed by atoms with Crippen LogP contribution in [0.25, 0.3) is 10.9 Å². The van der Waals surface area contributed by atoms with Crippen molar-refractivity contribution in [2.24, 2.45) is 0 Å². The van der Waals surface area contributed by atoms with Gasteiger partial charge in [0.25, 0.3) is 5.91 Å². The number of fused-ring (bicyclic) bond motifs is 1. The molecule has 2 N–H and O–H groups in total. The van der Waals surface area contributed by atoms with Crippen LogP contribution in [0.2, 0.25) is 0 Å². The number of rotatable bonds is 9. The number of hydrogen-bond donors (Lipinski definition) is 2. The SMILES string of the molecule is Cc1ccc(C(=O)NCCn2cc(SCC(=O)NC[C@H]3CCCO3)c3ccccc32)cc1C. The quantitative estimate of drug-likeness (QED) is 0.467. The van der Waals surface area contributed by atoms with E-state index in [-0.39, 0.29) is 17.9 Å². The molecule has 1 aliphatic rings. The summed E-state index contributed by atoms with van der Waals surface area (Å²) in [5, 5.41) is 7.12. The van der Waals surface area contributed by atoms with Crippen LogP contribution in [0.1, 0.15) is 34.3 Å². The van der Waals surface area contributed by atoms with Gasteiger partial charge in [0.1, 0.15) is 0 Å². The van der Waals surface area contributed by atoms with E-state index >= 15 is 0 Å². The zero-order chi connectivity index (χ0) is 23.2. The Morgan fingerprint density at radius 3 is 2.76 bits per heavy atom. The number of aromatic nitrogens is 1. The van der Waals surface area contributed by atoms with Gasteiger partial charge in [-0.05, 0) is 56.0 Å². The van der Waals surface area contributed by atoms with Gasteiger partial charge < -0.3 is 19.9 Å². The molecule has 4 rings (SSSR count). The lowest BCUT2D eigenvalue weighted by Gasteiger charge is -2.10. The molecule has 2 aromatic carbocycles. The van der Waals surface area contributed by atoms with Crippen molar-refractivity contribution in [2.75, 3.05) is 25.4 Å². The lowest BCUT2D eigenvalue weighted by atomic mass is 10.1. The molecule has 6 nitrogen and oxygen atoms in total. The maximum atomic E-state index is 12.5. The first-order valence-electron chi connectivity index (χ1n) is 11.5. The Hall–Kier alpha value is -2.77. The number of amides is 2. The summed E-state index contributed by atoms with van der Waals surface area (Å²) in [5.74, 6) is 0.324. The number of hydrogen-bond acceptors (Lipinski definition) is 4. The van der Waals surface area contributed by atoms with Crippen LogP contribution in [0, 0.1) is 13.8 Å². The minimum Gasteiger partial charge on any atom is -0.376 e. The average Bonchev–Trinajstić information content (AvgIpc) is 3.46. The second-order valence-electron chi connectivity index (χ2n) is 8.49. The minimum atomic E-state index is -0.0629. The summed E-state index contributed by atoms with van der Waals surface area (Å²) in [4.78, 5) is 25.9. The summed E-state index contributed by atoms with van der Waals surface area (Å²) in [6.07, 6.45) is 4.31. The predicted octanol–water partition coefficient (Wildman–Crippen LogP) is 4.08. The molecule has 0 unspecified atom stereocenters. The molecule has 1 fully saturated rings. The zero-order valence-corrected chi connectivity index (χ0v) is 20.0. The van der Waals surface area contributed by atoms with Gasteiger partial charge in [0.05, 0.1) is 11.9 Å². The molecule has 33 heavy (non-hydrogen) atoms. The van der Waals surface area contributed by atoms with Crippen molar-refractivity contribution in [3.63, 3.8) is 0 Å². The first kappa shape index (κ1) is 23.4. The van der Waals surface area contributed by atoms with E-state index in [1.54, 1.807) is 0 Å². The van der Waals surface area contributed by atoms with E-state index in [1.165, 1.54) is 17.3 Å². The van der Waals surface area contributed by atoms with Gasteiger partial charge in [0.15, 0.2) is 0 Å². The van der Waals surface area contributed by atoms with Crippen LogP contribution < -0.4 is 10.6 Å². The van der Waals surface area contributed by atoms with Gasteiger partial charge in [-0.25, -0.2) is 0 Å². The number of carbonyl (C=O) groups excluding carboxylic acids is 2. The number of aryl methyl sites for hydroxylation is 2. The summed E-state index contributed by atoms with van der Waals surface area (Å²) < 4.78 is 7.71. The van der Waals surface area contributed by atoms with Crippen molar-refractivity contribution in [1.82, 2.24) is 15.2 Å². The number of thioether (sulfide) groups is 1. The molecule has 0 spiro atoms. The summed E-state index contributed by atoms with van der Waals surface area (Å²) in [5.41, 5.74) is 4.07. The molecule has 174 valence electrons. The Kier molecular flexibility index (Phi) is 7.73. The fourth-order valence-electron chi connectivity index (χ4n) is 4.02. The van der Waals surface area contributed by atoms with Crippen molar-refractivity contribution >= 4 is 34.5 Å². The highest BCUT2D eigenvalue weighted by atomic mass is 32.2. The standard InChI is InChI=1S/C26H31N3O3S/c1-18-9-10-20(14-19(18)2)26(31)27-11-12-29-16-24(22-7-3-4-8-23(22)29)33-17-25(30)28-15-21-6-5-13-32-21/h3-4,7-10,14,16,21H,5-6,11-13,15,17H2,1-2H3,(H,27,31)(H,28,30)/t21-/m1/s1. The van der Waals surface area contributed by atoms with Crippen LogP contribution in [0.5, 0.6) is 0 Å². The number of carbonyl (C=O) groups is 2. The topological polar surface area (TPSA) is 72.4 Å². The average molecular weight is 466 g/mol. The molecule has 0 saturated carbocycles. The van der Waals surface area contributed by atoms with E-state index in [4.69, 9.17) is 4.74 Å². The smallest absolute Gasteiger partial charge is 0.251 e. The lowest BCUT2D eigenvalue weighted by Crippen LogP contribution is -2.32. The Bertz CT molecular complexity index is 1140. The van der Waals surface area contributed by atoms with E-state index in [0.29, 0.717) is 31.0 Å². The number of nitrogens with one attached hydrogen (secondary N) is 2. The summed E-state index contributed by atoms with van der Waals surface area (Å²) in [6, 6.07) is 13.9. The van der Waals surface area contributed by atoms with E-state index in [9.17, 15) is 9.59 Å². The minimum absolute atomic E-state index is 0.0213. The second kappa shape index (κ2) is 10.9. The Morgan fingerprint density at radius 2 is 1.97 bits per heavy atom. The molecule has 1 atom stereocenters. The fourth-order valence-corrected chi connectivity index (χ4v) is 4.93. The van der Waals surface area contributed by atoms with E-state index in [0.717, 1.165) is 40.8 Å². The molecular formula is C26H31N3O3S. The van der Waals surface area contributed by atoms with Crippen molar-refractivity contribution in [3.8, 4) is 0 Å². The largest absolute Gasteiger partial charge is 0.376 e. The first-order valence-corrected chi connectivity index (χ1v) is 12.4. The van der Waals surface area contributed by atoms with Gasteiger partial charge >= 0.3 is 0 Å². The highest BCUT2D eigenvalue weighted by Crippen LogP contribution is 2.29. The predicted molar refractivity (Wildman–Crippen MR) is 133 cm³/mol. The lowest BCUT2D eigenvalue weighted by molar-refractivity contribution is -0.119. The summed E-state index contributed by atoms with van der Waals surface area (Å²) in [7, 11) is 0. The van der Waals surface area contributed by atoms with E-state index in [2.05, 4.69) is 33.5 Å². The van der Waals surface area contributed by atoms with Gasteiger partial charge in [0.2, 0.25) is 5.91 Å². The van der Waals surface area contributed by atoms with Crippen LogP contribution in [-0.4, -0.2) is 47.9 Å². The molecule has 2 amide bonds. The normalized spacial score (nSPS) is 15.6. The van der Waals surface area contributed by atoms with Crippen molar-refractivity contribution in [1.29, 1.82) is 0 Å². The number of para-hydroxylation sites is 1. The van der Waals surface area contributed by atoms with E-state index in [1.807, 2.05) is 44.2 Å². The molecule has 1 saturated heterocycles. The third kappa shape index (κ3) is 5.97. The van der Waals surface area contributed by atoms with Crippen LogP contribution in [0.15, 0.2) is 53.6 Å². The van der Waals surface area contributed by atoms with Crippen molar-refractivity contribution in [2.45, 2.75) is 44.2 Å². The van der Waals surface area contributed by atoms with E-state index < -0.39 is 0 Å². The molecule has 0 radical (unpaired) electrons. The highest BCUT2D eigenvalue weighted by molar-refractivity contribution is 8.00. The van der Waals surface area contributed by atoms with Crippen LogP contribution in [0.3, 0.4) is 0 Å². The molecule has 2 heterocycles. The van der Waals surface area contributed by atoms with Gasteiger partial charge in [-0.2, -0.15) is 0 Å². The maximum Gasteiger partial charge on any atom is 0.251 e. The number of nitrogens with zero attached hydrogens (tertiary/aromatic N) is 1. The molecular weight excluding hydrogens is 434 g/mol. The number of ether oxygens (including phenoxy) is 1. The fraction of sp³-hybridized carbons (Fsp3) is 0.385. The van der Waals surface area contributed by atoms with Gasteiger partial charge in [-0.1, -0.05) is 24.3 Å². The number of benzene rings is 2. The molecule has 0 bridgehead atoms. The van der Waals surface area contributed by atoms with Crippen LogP contribution >= 0.6 is 11.8 Å². The van der Waals surface area contributed by atoms with Crippen molar-refractivity contribution < 1.29 is 14.3 Å². The molecule has 7 heteroatoms. The third-order valence-corrected chi connectivity index (χ3v) is 7.11. The zero-order valence-electron chi connectivity index (χ0n) is 19.2. The first-order chi connectivity index (χ1) is 16.0. The van der Waals surface area contributed by atoms with Gasteiger partial charge in [0, 0.05) is 53.8 Å². The maximum absolute atomic E-state index is 12.5. The highest BCUT2D eigenvalue weighted by Gasteiger charge is 2.17. The summed E-state index contributed by atoms with van der Waals surface area (Å²) in [6.45, 7) is 6.61. The van der Waals surface area contributed by atoms with Crippen LogP contribution in [-0.2, 0) is 16.1 Å². The van der Waals surface area contributed by atoms with Crippen molar-refractivity contribution in [3.05, 3.63) is 65.4 Å². The molecule has 0 aliphatic carbocycles. The molecule has 1 aliphatic heterocycles. The third-order valence-electron chi connectivity index (χ3n) is 6.07. The Balaban J connectivity index is 1.33. The monoisotopic (exact) mass is 465 g/mol. The molecule has 1 aromatic heterocycles. The van der Waals surface area contributed by atoms with Gasteiger partial charge in [-0.3, -0.25) is 9.59 Å².